The average molecular weight is 492 g/mol. The molecule has 2 aromatic carbocycles. The fourth-order valence-corrected chi connectivity index (χ4v) is 4.94. The van der Waals surface area contributed by atoms with Crippen LogP contribution in [0.25, 0.3) is 10.2 Å². The molecule has 180 valence electrons. The second-order valence-electron chi connectivity index (χ2n) is 9.29. The Morgan fingerprint density at radius 3 is 2.46 bits per heavy atom. The van der Waals surface area contributed by atoms with E-state index in [4.69, 9.17) is 0 Å². The molecule has 5 rings (SSSR count). The lowest BCUT2D eigenvalue weighted by atomic mass is 9.94. The maximum Gasteiger partial charge on any atom is 0.262 e. The number of anilines is 1. The van der Waals surface area contributed by atoms with E-state index in [9.17, 15) is 14.0 Å². The molecule has 1 aliphatic rings. The number of aromatic nitrogens is 2. The van der Waals surface area contributed by atoms with E-state index in [1.54, 1.807) is 18.2 Å². The maximum atomic E-state index is 13.3. The van der Waals surface area contributed by atoms with Crippen LogP contribution in [0.1, 0.15) is 51.4 Å². The van der Waals surface area contributed by atoms with Crippen LogP contribution < -0.4 is 10.6 Å². The average Bonchev–Trinajstić information content (AvgIpc) is 3.39. The number of H-pyrrole nitrogens is 1. The van der Waals surface area contributed by atoms with Crippen molar-refractivity contribution in [1.82, 2.24) is 20.4 Å². The van der Waals surface area contributed by atoms with Crippen molar-refractivity contribution in [3.05, 3.63) is 82.0 Å². The number of aromatic amines is 1. The van der Waals surface area contributed by atoms with E-state index in [0.29, 0.717) is 26.5 Å². The number of hydrogen-bond acceptors (Lipinski definition) is 5. The molecule has 9 heteroatoms. The molecule has 35 heavy (non-hydrogen) atoms. The monoisotopic (exact) mass is 491 g/mol. The van der Waals surface area contributed by atoms with Crippen LogP contribution in [0.2, 0.25) is 0 Å². The normalized spacial score (nSPS) is 14.0. The van der Waals surface area contributed by atoms with Crippen LogP contribution in [0.4, 0.5) is 10.2 Å². The number of thiophene rings is 1. The van der Waals surface area contributed by atoms with Crippen LogP contribution in [0.5, 0.6) is 0 Å². The van der Waals surface area contributed by atoms with Crippen LogP contribution in [-0.2, 0) is 12.1 Å². The first-order valence-electron chi connectivity index (χ1n) is 11.5. The van der Waals surface area contributed by atoms with Gasteiger partial charge in [-0.15, -0.1) is 11.3 Å². The molecule has 0 unspecified atom stereocenters. The molecule has 0 radical (unpaired) electrons. The number of nitrogens with zero attached hydrogens (tertiary/aromatic N) is 2. The number of likely N-dealkylation sites (tertiary alicyclic amines) is 1. The highest BCUT2D eigenvalue weighted by Crippen LogP contribution is 2.30. The minimum Gasteiger partial charge on any atom is -0.342 e. The molecule has 3 N–H and O–H groups in total. The molecule has 2 amide bonds. The van der Waals surface area contributed by atoms with Crippen molar-refractivity contribution in [2.45, 2.75) is 32.4 Å². The fraction of sp³-hybridized carbons (Fsp3) is 0.269. The summed E-state index contributed by atoms with van der Waals surface area (Å²) in [6.07, 6.45) is 1.25. The molecule has 7 nitrogen and oxygen atoms in total. The summed E-state index contributed by atoms with van der Waals surface area (Å²) in [5.41, 5.74) is 1.83. The molecule has 3 heterocycles. The summed E-state index contributed by atoms with van der Waals surface area (Å²) >= 11 is 1.23. The number of benzene rings is 2. The van der Waals surface area contributed by atoms with Gasteiger partial charge in [0.2, 0.25) is 0 Å². The minimum absolute atomic E-state index is 0.249. The molecule has 0 saturated carbocycles. The highest BCUT2D eigenvalue weighted by molar-refractivity contribution is 7.20. The van der Waals surface area contributed by atoms with Crippen LogP contribution in [0.3, 0.4) is 0 Å². The summed E-state index contributed by atoms with van der Waals surface area (Å²) in [4.78, 5) is 29.2. The number of carbonyl (C=O) groups excluding carboxylic acids is 2. The number of carbonyl (C=O) groups is 2. The molecule has 1 saturated heterocycles. The van der Waals surface area contributed by atoms with Crippen LogP contribution >= 0.6 is 11.3 Å². The Labute approximate surface area is 206 Å². The largest absolute Gasteiger partial charge is 0.342 e. The molecule has 1 fully saturated rings. The van der Waals surface area contributed by atoms with Gasteiger partial charge in [0.05, 0.1) is 15.8 Å². The zero-order valence-electron chi connectivity index (χ0n) is 19.5. The Bertz CT molecular complexity index is 1370. The Hall–Kier alpha value is -3.56. The number of nitrogens with one attached hydrogen (secondary N) is 3. The first-order valence-corrected chi connectivity index (χ1v) is 12.3. The van der Waals surface area contributed by atoms with Gasteiger partial charge in [-0.1, -0.05) is 24.3 Å². The highest BCUT2D eigenvalue weighted by atomic mass is 32.1. The van der Waals surface area contributed by atoms with Gasteiger partial charge in [-0.25, -0.2) is 4.39 Å². The topological polar surface area (TPSA) is 90.1 Å². The molecular formula is C26H26FN5O2S. The molecule has 4 aromatic rings. The second-order valence-corrected chi connectivity index (χ2v) is 10.3. The lowest BCUT2D eigenvalue weighted by Gasteiger charge is -2.30. The van der Waals surface area contributed by atoms with E-state index in [-0.39, 0.29) is 17.6 Å². The van der Waals surface area contributed by atoms with Crippen molar-refractivity contribution in [1.29, 1.82) is 0 Å². The van der Waals surface area contributed by atoms with Crippen molar-refractivity contribution in [2.24, 2.45) is 0 Å². The van der Waals surface area contributed by atoms with Crippen LogP contribution in [0.15, 0.2) is 54.6 Å². The molecule has 2 aromatic heterocycles. The van der Waals surface area contributed by atoms with Gasteiger partial charge in [-0.05, 0) is 74.8 Å². The van der Waals surface area contributed by atoms with Gasteiger partial charge in [0.1, 0.15) is 16.5 Å². The van der Waals surface area contributed by atoms with Gasteiger partial charge >= 0.3 is 0 Å². The summed E-state index contributed by atoms with van der Waals surface area (Å²) < 4.78 is 13.3. The highest BCUT2D eigenvalue weighted by Gasteiger charge is 2.25. The Balaban J connectivity index is 1.27. The summed E-state index contributed by atoms with van der Waals surface area (Å²) in [6.45, 7) is 6.88. The van der Waals surface area contributed by atoms with Gasteiger partial charge in [-0.3, -0.25) is 19.6 Å². The van der Waals surface area contributed by atoms with Crippen molar-refractivity contribution in [2.75, 3.05) is 18.4 Å². The van der Waals surface area contributed by atoms with Gasteiger partial charge in [-0.2, -0.15) is 5.10 Å². The van der Waals surface area contributed by atoms with E-state index >= 15 is 0 Å². The molecule has 0 spiro atoms. The van der Waals surface area contributed by atoms with Gasteiger partial charge in [0.15, 0.2) is 0 Å². The third kappa shape index (κ3) is 4.96. The third-order valence-electron chi connectivity index (χ3n) is 6.28. The summed E-state index contributed by atoms with van der Waals surface area (Å²) in [5, 5.41) is 13.6. The Morgan fingerprint density at radius 1 is 1.09 bits per heavy atom. The second kappa shape index (κ2) is 9.24. The zero-order valence-corrected chi connectivity index (χ0v) is 20.3. The lowest BCUT2D eigenvalue weighted by Crippen LogP contribution is -2.40. The van der Waals surface area contributed by atoms with E-state index in [1.165, 1.54) is 35.5 Å². The number of fused-ring (bicyclic) bond motifs is 1. The first-order chi connectivity index (χ1) is 16.8. The molecule has 0 atom stereocenters. The number of amides is 2. The third-order valence-corrected chi connectivity index (χ3v) is 7.30. The summed E-state index contributed by atoms with van der Waals surface area (Å²) in [6, 6.07) is 15.4. The molecule has 0 aliphatic carbocycles. The van der Waals surface area contributed by atoms with Gasteiger partial charge < -0.3 is 10.6 Å². The smallest absolute Gasteiger partial charge is 0.262 e. The standard InChI is InChI=1S/C26H26FN5O2S/c1-26(2,18-8-10-19(27)11-9-18)29-24(34)21-14-20-22(30-31-25(20)35-21)28-23(33)17-6-4-16(5-7-17)15-32-12-3-13-32/h4-11,14H,3,12-13,15H2,1-2H3,(H,29,34)(H2,28,30,31,33). The molecule has 0 bridgehead atoms. The van der Waals surface area contributed by atoms with Crippen molar-refractivity contribution in [3.8, 4) is 0 Å². The van der Waals surface area contributed by atoms with Gasteiger partial charge in [0, 0.05) is 12.1 Å². The summed E-state index contributed by atoms with van der Waals surface area (Å²) in [5.74, 6) is -0.395. The van der Waals surface area contributed by atoms with Crippen molar-refractivity contribution in [3.63, 3.8) is 0 Å². The predicted molar refractivity (Wildman–Crippen MR) is 135 cm³/mol. The van der Waals surface area contributed by atoms with Crippen LogP contribution in [0, 0.1) is 5.82 Å². The molecule has 1 aliphatic heterocycles. The lowest BCUT2D eigenvalue weighted by molar-refractivity contribution is 0.0915. The number of halogens is 1. The van der Waals surface area contributed by atoms with E-state index in [1.807, 2.05) is 38.1 Å². The van der Waals surface area contributed by atoms with Crippen molar-refractivity contribution < 1.29 is 14.0 Å². The first kappa shape index (κ1) is 23.2. The summed E-state index contributed by atoms with van der Waals surface area (Å²) in [7, 11) is 0. The van der Waals surface area contributed by atoms with Crippen LogP contribution in [-0.4, -0.2) is 40.0 Å². The maximum absolute atomic E-state index is 13.3. The van der Waals surface area contributed by atoms with E-state index < -0.39 is 5.54 Å². The van der Waals surface area contributed by atoms with Crippen molar-refractivity contribution >= 4 is 39.2 Å². The molecular weight excluding hydrogens is 465 g/mol. The van der Waals surface area contributed by atoms with E-state index in [0.717, 1.165) is 25.2 Å². The SMILES string of the molecule is CC(C)(NC(=O)c1cc2c(NC(=O)c3ccc(CN4CCC4)cc3)[nH]nc2s1)c1ccc(F)cc1. The predicted octanol–water partition coefficient (Wildman–Crippen LogP) is 4.89. The van der Waals surface area contributed by atoms with E-state index in [2.05, 4.69) is 25.7 Å². The Kier molecular flexibility index (Phi) is 6.12. The Morgan fingerprint density at radius 2 is 1.80 bits per heavy atom. The minimum atomic E-state index is -0.697. The zero-order chi connectivity index (χ0) is 24.6. The quantitative estimate of drug-likeness (QED) is 0.344. The number of hydrogen-bond donors (Lipinski definition) is 3. The fourth-order valence-electron chi connectivity index (χ4n) is 4.05. The number of rotatable bonds is 7. The van der Waals surface area contributed by atoms with Gasteiger partial charge in [0.25, 0.3) is 11.8 Å².